The number of hydrogen-bond acceptors (Lipinski definition) is 4. The molecular weight excluding hydrogens is 212 g/mol. The average Bonchev–Trinajstić information content (AvgIpc) is 2.28. The molecular formula is C11H12O5. The highest BCUT2D eigenvalue weighted by Crippen LogP contribution is 2.18. The van der Waals surface area contributed by atoms with Crippen LogP contribution in [0.5, 0.6) is 0 Å². The fourth-order valence-corrected chi connectivity index (χ4v) is 1.24. The Balaban J connectivity index is 2.83. The molecule has 2 N–H and O–H groups in total. The first-order chi connectivity index (χ1) is 7.54. The Kier molecular flexibility index (Phi) is 4.02. The molecule has 0 fully saturated rings. The Morgan fingerprint density at radius 1 is 1.44 bits per heavy atom. The highest BCUT2D eigenvalue weighted by atomic mass is 16.5. The van der Waals surface area contributed by atoms with E-state index in [4.69, 9.17) is 5.11 Å². The number of ether oxygens (including phenoxy) is 1. The molecule has 1 rings (SSSR count). The monoisotopic (exact) mass is 224 g/mol. The molecule has 0 saturated carbocycles. The van der Waals surface area contributed by atoms with Gasteiger partial charge < -0.3 is 14.9 Å². The maximum absolute atomic E-state index is 10.9. The van der Waals surface area contributed by atoms with Crippen molar-refractivity contribution in [2.45, 2.75) is 12.5 Å². The van der Waals surface area contributed by atoms with Crippen molar-refractivity contribution in [3.63, 3.8) is 0 Å². The lowest BCUT2D eigenvalue weighted by Gasteiger charge is -2.09. The fraction of sp³-hybridized carbons (Fsp3) is 0.273. The maximum atomic E-state index is 10.9. The lowest BCUT2D eigenvalue weighted by molar-refractivity contribution is -0.142. The molecule has 5 heteroatoms. The van der Waals surface area contributed by atoms with Crippen molar-refractivity contribution >= 4 is 11.9 Å². The standard InChI is InChI=1S/C11H12O5/c1-16-10(13)6-9(12)7-3-2-4-8(5-7)11(14)15/h2-5,9,12H,6H2,1H3,(H,14,15)/t9-/m1/s1. The van der Waals surface area contributed by atoms with Crippen molar-refractivity contribution in [1.29, 1.82) is 0 Å². The fourth-order valence-electron chi connectivity index (χ4n) is 1.24. The highest BCUT2D eigenvalue weighted by molar-refractivity contribution is 5.87. The van der Waals surface area contributed by atoms with E-state index in [2.05, 4.69) is 4.74 Å². The molecule has 0 amide bonds. The third-order valence-electron chi connectivity index (χ3n) is 2.11. The molecule has 0 aliphatic carbocycles. The number of aromatic carboxylic acids is 1. The number of carboxylic acid groups (broad SMARTS) is 1. The van der Waals surface area contributed by atoms with E-state index in [1.807, 2.05) is 0 Å². The SMILES string of the molecule is COC(=O)C[C@@H](O)c1cccc(C(=O)O)c1. The van der Waals surface area contributed by atoms with Gasteiger partial charge in [-0.15, -0.1) is 0 Å². The summed E-state index contributed by atoms with van der Waals surface area (Å²) in [5.74, 6) is -1.62. The van der Waals surface area contributed by atoms with Crippen molar-refractivity contribution in [1.82, 2.24) is 0 Å². The number of esters is 1. The molecule has 1 atom stereocenters. The van der Waals surface area contributed by atoms with Crippen LogP contribution in [0.2, 0.25) is 0 Å². The molecule has 0 spiro atoms. The van der Waals surface area contributed by atoms with Gasteiger partial charge in [-0.2, -0.15) is 0 Å². The summed E-state index contributed by atoms with van der Waals surface area (Å²) < 4.78 is 4.40. The minimum Gasteiger partial charge on any atom is -0.478 e. The van der Waals surface area contributed by atoms with Crippen molar-refractivity contribution < 1.29 is 24.5 Å². The molecule has 0 saturated heterocycles. The van der Waals surface area contributed by atoms with Crippen LogP contribution < -0.4 is 0 Å². The molecule has 0 aromatic heterocycles. The van der Waals surface area contributed by atoms with Crippen LogP contribution >= 0.6 is 0 Å². The summed E-state index contributed by atoms with van der Waals surface area (Å²) in [5, 5.41) is 18.4. The van der Waals surface area contributed by atoms with E-state index in [1.165, 1.54) is 25.3 Å². The van der Waals surface area contributed by atoms with Gasteiger partial charge in [-0.25, -0.2) is 4.79 Å². The zero-order chi connectivity index (χ0) is 12.1. The van der Waals surface area contributed by atoms with Gasteiger partial charge in [0.2, 0.25) is 0 Å². The lowest BCUT2D eigenvalue weighted by Crippen LogP contribution is -2.08. The van der Waals surface area contributed by atoms with E-state index >= 15 is 0 Å². The molecule has 0 bridgehead atoms. The van der Waals surface area contributed by atoms with Crippen molar-refractivity contribution in [2.75, 3.05) is 7.11 Å². The zero-order valence-corrected chi connectivity index (χ0v) is 8.71. The molecule has 0 heterocycles. The normalized spacial score (nSPS) is 11.9. The van der Waals surface area contributed by atoms with Crippen molar-refractivity contribution in [2.24, 2.45) is 0 Å². The molecule has 1 aromatic carbocycles. The number of benzene rings is 1. The van der Waals surface area contributed by atoms with E-state index in [-0.39, 0.29) is 12.0 Å². The second-order valence-corrected chi connectivity index (χ2v) is 3.23. The summed E-state index contributed by atoms with van der Waals surface area (Å²) in [4.78, 5) is 21.6. The first-order valence-electron chi connectivity index (χ1n) is 4.62. The van der Waals surface area contributed by atoms with E-state index in [0.29, 0.717) is 5.56 Å². The summed E-state index contributed by atoms with van der Waals surface area (Å²) >= 11 is 0. The van der Waals surface area contributed by atoms with Crippen LogP contribution in [-0.4, -0.2) is 29.3 Å². The van der Waals surface area contributed by atoms with Gasteiger partial charge >= 0.3 is 11.9 Å². The predicted octanol–water partition coefficient (Wildman–Crippen LogP) is 0.981. The van der Waals surface area contributed by atoms with E-state index < -0.39 is 18.0 Å². The first-order valence-corrected chi connectivity index (χ1v) is 4.62. The van der Waals surface area contributed by atoms with E-state index in [0.717, 1.165) is 0 Å². The third-order valence-corrected chi connectivity index (χ3v) is 2.11. The molecule has 0 aliphatic heterocycles. The number of aliphatic hydroxyl groups excluding tert-OH is 1. The number of methoxy groups -OCH3 is 1. The number of aliphatic hydroxyl groups is 1. The van der Waals surface area contributed by atoms with E-state index in [9.17, 15) is 14.7 Å². The van der Waals surface area contributed by atoms with Gasteiger partial charge in [0.1, 0.15) is 0 Å². The lowest BCUT2D eigenvalue weighted by atomic mass is 10.0. The van der Waals surface area contributed by atoms with Gasteiger partial charge in [-0.05, 0) is 17.7 Å². The average molecular weight is 224 g/mol. The van der Waals surface area contributed by atoms with Gasteiger partial charge in [0.15, 0.2) is 0 Å². The van der Waals surface area contributed by atoms with Crippen LogP contribution in [0.3, 0.4) is 0 Å². The van der Waals surface area contributed by atoms with Crippen LogP contribution in [-0.2, 0) is 9.53 Å². The number of hydrogen-bond donors (Lipinski definition) is 2. The zero-order valence-electron chi connectivity index (χ0n) is 8.71. The number of carboxylic acids is 1. The quantitative estimate of drug-likeness (QED) is 0.745. The maximum Gasteiger partial charge on any atom is 0.335 e. The topological polar surface area (TPSA) is 83.8 Å². The van der Waals surface area contributed by atoms with Gasteiger partial charge in [0, 0.05) is 0 Å². The predicted molar refractivity (Wildman–Crippen MR) is 55.0 cm³/mol. The minimum atomic E-state index is -1.08. The summed E-state index contributed by atoms with van der Waals surface area (Å²) in [6.45, 7) is 0. The second-order valence-electron chi connectivity index (χ2n) is 3.23. The molecule has 1 aromatic rings. The Hall–Kier alpha value is -1.88. The van der Waals surface area contributed by atoms with Crippen LogP contribution in [0, 0.1) is 0 Å². The smallest absolute Gasteiger partial charge is 0.335 e. The van der Waals surface area contributed by atoms with Crippen LogP contribution in [0.15, 0.2) is 24.3 Å². The first kappa shape index (κ1) is 12.2. The summed E-state index contributed by atoms with van der Waals surface area (Å²) in [6, 6.07) is 5.81. The largest absolute Gasteiger partial charge is 0.478 e. The minimum absolute atomic E-state index is 0.0708. The highest BCUT2D eigenvalue weighted by Gasteiger charge is 2.14. The third kappa shape index (κ3) is 3.06. The Labute approximate surface area is 92.3 Å². The molecule has 0 aliphatic rings. The Morgan fingerprint density at radius 2 is 2.12 bits per heavy atom. The Morgan fingerprint density at radius 3 is 2.69 bits per heavy atom. The van der Waals surface area contributed by atoms with Gasteiger partial charge in [-0.3, -0.25) is 4.79 Å². The van der Waals surface area contributed by atoms with E-state index in [1.54, 1.807) is 6.07 Å². The summed E-state index contributed by atoms with van der Waals surface area (Å²) in [5.41, 5.74) is 0.451. The van der Waals surface area contributed by atoms with Crippen LogP contribution in [0.1, 0.15) is 28.4 Å². The summed E-state index contributed by atoms with van der Waals surface area (Å²) in [7, 11) is 1.22. The number of carbonyl (C=O) groups excluding carboxylic acids is 1. The van der Waals surface area contributed by atoms with Crippen molar-refractivity contribution in [3.05, 3.63) is 35.4 Å². The molecule has 86 valence electrons. The molecule has 0 unspecified atom stereocenters. The molecule has 5 nitrogen and oxygen atoms in total. The van der Waals surface area contributed by atoms with Gasteiger partial charge in [0.05, 0.1) is 25.2 Å². The summed E-state index contributed by atoms with van der Waals surface area (Å²) in [6.07, 6.45) is -1.24. The van der Waals surface area contributed by atoms with Crippen molar-refractivity contribution in [3.8, 4) is 0 Å². The van der Waals surface area contributed by atoms with Crippen LogP contribution in [0.25, 0.3) is 0 Å². The van der Waals surface area contributed by atoms with Crippen LogP contribution in [0.4, 0.5) is 0 Å². The van der Waals surface area contributed by atoms with Gasteiger partial charge in [0.25, 0.3) is 0 Å². The molecule has 16 heavy (non-hydrogen) atoms. The number of rotatable bonds is 4. The second kappa shape index (κ2) is 5.27. The Bertz CT molecular complexity index is 399. The molecule has 0 radical (unpaired) electrons. The number of carbonyl (C=O) groups is 2. The van der Waals surface area contributed by atoms with Gasteiger partial charge in [-0.1, -0.05) is 12.1 Å².